The number of rotatable bonds is 5. The molecule has 0 amide bonds. The van der Waals surface area contributed by atoms with E-state index < -0.39 is 31.1 Å². The third-order valence-electron chi connectivity index (χ3n) is 4.46. The molecule has 2 aromatic heterocycles. The van der Waals surface area contributed by atoms with Crippen LogP contribution in [0.2, 0.25) is 0 Å². The van der Waals surface area contributed by atoms with Crippen LogP contribution in [0.15, 0.2) is 40.1 Å². The third kappa shape index (κ3) is 3.61. The molecule has 28 heavy (non-hydrogen) atoms. The van der Waals surface area contributed by atoms with Gasteiger partial charge in [-0.1, -0.05) is 39.8 Å². The van der Waals surface area contributed by atoms with Crippen LogP contribution >= 0.6 is 27.7 Å². The molecule has 1 aromatic carbocycles. The van der Waals surface area contributed by atoms with Crippen LogP contribution in [-0.4, -0.2) is 59.8 Å². The predicted molar refractivity (Wildman–Crippen MR) is 106 cm³/mol. The van der Waals surface area contributed by atoms with Crippen molar-refractivity contribution in [1.82, 2.24) is 19.5 Å². The van der Waals surface area contributed by atoms with E-state index in [2.05, 4.69) is 30.9 Å². The Labute approximate surface area is 172 Å². The van der Waals surface area contributed by atoms with Gasteiger partial charge in [-0.3, -0.25) is 4.57 Å². The summed E-state index contributed by atoms with van der Waals surface area (Å²) in [5, 5.41) is 30.2. The molecule has 5 N–H and O–H groups in total. The van der Waals surface area contributed by atoms with Crippen LogP contribution in [0.25, 0.3) is 11.2 Å². The van der Waals surface area contributed by atoms with E-state index in [1.807, 2.05) is 24.3 Å². The fourth-order valence-electron chi connectivity index (χ4n) is 3.08. The summed E-state index contributed by atoms with van der Waals surface area (Å²) >= 11 is 4.92. The number of aromatic nitrogens is 4. The van der Waals surface area contributed by atoms with E-state index in [-0.39, 0.29) is 5.95 Å². The van der Waals surface area contributed by atoms with Gasteiger partial charge in [0.15, 0.2) is 11.9 Å². The van der Waals surface area contributed by atoms with Gasteiger partial charge in [0, 0.05) is 10.2 Å². The quantitative estimate of drug-likeness (QED) is 0.320. The monoisotopic (exact) mass is 467 g/mol. The van der Waals surface area contributed by atoms with E-state index in [9.17, 15) is 15.3 Å². The van der Waals surface area contributed by atoms with E-state index in [4.69, 9.17) is 10.5 Å². The van der Waals surface area contributed by atoms with Crippen LogP contribution in [0.1, 0.15) is 11.8 Å². The maximum absolute atomic E-state index is 10.3. The zero-order chi connectivity index (χ0) is 19.8. The summed E-state index contributed by atoms with van der Waals surface area (Å²) in [4.78, 5) is 12.9. The smallest absolute Gasteiger partial charge is 0.223 e. The molecule has 0 radical (unpaired) electrons. The second-order valence-corrected chi connectivity index (χ2v) is 8.24. The Balaban J connectivity index is 1.65. The van der Waals surface area contributed by atoms with Crippen molar-refractivity contribution in [2.75, 3.05) is 12.3 Å². The largest absolute Gasteiger partial charge is 0.394 e. The minimum Gasteiger partial charge on any atom is -0.394 e. The van der Waals surface area contributed by atoms with Crippen molar-refractivity contribution in [2.24, 2.45) is 0 Å². The molecule has 4 atom stereocenters. The van der Waals surface area contributed by atoms with E-state index >= 15 is 0 Å². The molecule has 1 saturated heterocycles. The highest BCUT2D eigenvalue weighted by Crippen LogP contribution is 2.34. The second kappa shape index (κ2) is 7.93. The number of hydrogen-bond acceptors (Lipinski definition) is 9. The maximum Gasteiger partial charge on any atom is 0.223 e. The van der Waals surface area contributed by atoms with Crippen LogP contribution < -0.4 is 5.73 Å². The molecule has 0 saturated carbocycles. The third-order valence-corrected chi connectivity index (χ3v) is 5.99. The summed E-state index contributed by atoms with van der Waals surface area (Å²) in [7, 11) is 0. The van der Waals surface area contributed by atoms with Crippen molar-refractivity contribution in [3.05, 3.63) is 40.6 Å². The predicted octanol–water partition coefficient (Wildman–Crippen LogP) is 1.07. The number of halogens is 1. The van der Waals surface area contributed by atoms with E-state index in [1.165, 1.54) is 22.7 Å². The van der Waals surface area contributed by atoms with E-state index in [0.717, 1.165) is 10.0 Å². The van der Waals surface area contributed by atoms with Crippen molar-refractivity contribution in [2.45, 2.75) is 35.3 Å². The van der Waals surface area contributed by atoms with Crippen molar-refractivity contribution < 1.29 is 20.1 Å². The molecule has 11 heteroatoms. The number of ether oxygens (including phenoxy) is 1. The number of nitrogens with two attached hydrogens (primary N) is 1. The summed E-state index contributed by atoms with van der Waals surface area (Å²) in [6, 6.07) is 7.95. The first-order valence-electron chi connectivity index (χ1n) is 8.47. The van der Waals surface area contributed by atoms with Crippen molar-refractivity contribution >= 4 is 44.8 Å². The molecule has 3 heterocycles. The van der Waals surface area contributed by atoms with E-state index in [0.29, 0.717) is 21.9 Å². The maximum atomic E-state index is 10.3. The number of nitrogens with zero attached hydrogens (tertiary/aromatic N) is 4. The summed E-state index contributed by atoms with van der Waals surface area (Å²) in [6.07, 6.45) is -2.81. The lowest BCUT2D eigenvalue weighted by Crippen LogP contribution is -2.33. The number of anilines is 1. The number of thioether (sulfide) groups is 1. The normalized spacial score (nSPS) is 24.9. The zero-order valence-electron chi connectivity index (χ0n) is 14.5. The molecule has 0 bridgehead atoms. The number of aliphatic hydroxyl groups is 3. The Bertz CT molecular complexity index is 1000. The van der Waals surface area contributed by atoms with Gasteiger partial charge in [-0.05, 0) is 17.7 Å². The molecular formula is C17H18BrN5O4S. The number of aliphatic hydroxyl groups excluding tert-OH is 3. The molecule has 1 aliphatic rings. The number of hydrogen-bond donors (Lipinski definition) is 4. The standard InChI is InChI=1S/C17H18BrN5O4S/c18-9-3-1-2-8(4-9)6-28-15-11-14(21-17(19)22-15)23(7-20-11)16-13(26)12(25)10(5-24)27-16/h1-4,7,10,12-13,16,24-26H,5-6H2,(H2,19,21,22). The molecular weight excluding hydrogens is 450 g/mol. The van der Waals surface area contributed by atoms with Crippen LogP contribution in [0.4, 0.5) is 5.95 Å². The van der Waals surface area contributed by atoms with Gasteiger partial charge in [-0.2, -0.15) is 4.98 Å². The summed E-state index contributed by atoms with van der Waals surface area (Å²) in [5.74, 6) is 0.726. The minimum atomic E-state index is -1.23. The SMILES string of the molecule is Nc1nc(SCc2cccc(Br)c2)c2ncn(C3OC(CO)C(O)C3O)c2n1. The highest BCUT2D eigenvalue weighted by molar-refractivity contribution is 9.10. The van der Waals surface area contributed by atoms with Gasteiger partial charge in [0.05, 0.1) is 12.9 Å². The fraction of sp³-hybridized carbons (Fsp3) is 0.353. The Kier molecular flexibility index (Phi) is 5.54. The highest BCUT2D eigenvalue weighted by atomic mass is 79.9. The molecule has 3 aromatic rings. The van der Waals surface area contributed by atoms with Crippen molar-refractivity contribution in [1.29, 1.82) is 0 Å². The number of fused-ring (bicyclic) bond motifs is 1. The van der Waals surface area contributed by atoms with Gasteiger partial charge < -0.3 is 25.8 Å². The second-order valence-electron chi connectivity index (χ2n) is 6.36. The van der Waals surface area contributed by atoms with Gasteiger partial charge in [-0.15, -0.1) is 0 Å². The summed E-state index contributed by atoms with van der Waals surface area (Å²) in [6.45, 7) is -0.410. The van der Waals surface area contributed by atoms with Crippen LogP contribution in [0, 0.1) is 0 Å². The van der Waals surface area contributed by atoms with Gasteiger partial charge in [0.25, 0.3) is 0 Å². The molecule has 148 valence electrons. The zero-order valence-corrected chi connectivity index (χ0v) is 16.9. The topological polar surface area (TPSA) is 140 Å². The Morgan fingerprint density at radius 1 is 1.25 bits per heavy atom. The minimum absolute atomic E-state index is 0.0673. The lowest BCUT2D eigenvalue weighted by molar-refractivity contribution is -0.0511. The van der Waals surface area contributed by atoms with Crippen LogP contribution in [-0.2, 0) is 10.5 Å². The lowest BCUT2D eigenvalue weighted by Gasteiger charge is -2.16. The Morgan fingerprint density at radius 3 is 2.79 bits per heavy atom. The van der Waals surface area contributed by atoms with Crippen LogP contribution in [0.3, 0.4) is 0 Å². The molecule has 1 aliphatic heterocycles. The average molecular weight is 468 g/mol. The van der Waals surface area contributed by atoms with Gasteiger partial charge >= 0.3 is 0 Å². The lowest BCUT2D eigenvalue weighted by atomic mass is 10.1. The average Bonchev–Trinajstić information content (AvgIpc) is 3.21. The van der Waals surface area contributed by atoms with Crippen LogP contribution in [0.5, 0.6) is 0 Å². The molecule has 0 aliphatic carbocycles. The molecule has 9 nitrogen and oxygen atoms in total. The van der Waals surface area contributed by atoms with Gasteiger partial charge in [0.2, 0.25) is 5.95 Å². The van der Waals surface area contributed by atoms with Crippen molar-refractivity contribution in [3.63, 3.8) is 0 Å². The molecule has 4 rings (SSSR count). The first-order chi connectivity index (χ1) is 13.5. The molecule has 4 unspecified atom stereocenters. The highest BCUT2D eigenvalue weighted by Gasteiger charge is 2.44. The summed E-state index contributed by atoms with van der Waals surface area (Å²) in [5.41, 5.74) is 7.90. The van der Waals surface area contributed by atoms with E-state index in [1.54, 1.807) is 0 Å². The summed E-state index contributed by atoms with van der Waals surface area (Å²) < 4.78 is 8.06. The fourth-order valence-corrected chi connectivity index (χ4v) is 4.45. The molecule has 1 fully saturated rings. The van der Waals surface area contributed by atoms with Gasteiger partial charge in [0.1, 0.15) is 28.9 Å². The number of nitrogen functional groups attached to an aromatic ring is 1. The van der Waals surface area contributed by atoms with Gasteiger partial charge in [-0.25, -0.2) is 9.97 Å². The Morgan fingerprint density at radius 2 is 2.07 bits per heavy atom. The number of benzene rings is 1. The first kappa shape index (κ1) is 19.6. The number of imidazole rings is 1. The first-order valence-corrected chi connectivity index (χ1v) is 10.3. The molecule has 0 spiro atoms. The Hall–Kier alpha value is -1.76. The van der Waals surface area contributed by atoms with Crippen molar-refractivity contribution in [3.8, 4) is 0 Å².